The maximum absolute atomic E-state index is 9.45. The largest absolute Gasteiger partial charge is 0.507 e. The number of anilines is 1. The molecular weight excluding hydrogens is 306 g/mol. The third-order valence-electron chi connectivity index (χ3n) is 2.74. The number of aromatic hydroxyl groups is 1. The molecule has 2 N–H and O–H groups in total. The van der Waals surface area contributed by atoms with E-state index in [1.54, 1.807) is 6.07 Å². The second kappa shape index (κ2) is 6.02. The number of phenols is 1. The van der Waals surface area contributed by atoms with Crippen molar-refractivity contribution in [2.24, 2.45) is 0 Å². The van der Waals surface area contributed by atoms with Gasteiger partial charge >= 0.3 is 0 Å². The average molecular weight is 322 g/mol. The van der Waals surface area contributed by atoms with Gasteiger partial charge in [-0.1, -0.05) is 13.0 Å². The van der Waals surface area contributed by atoms with Crippen LogP contribution in [0, 0.1) is 6.92 Å². The van der Waals surface area contributed by atoms with Crippen molar-refractivity contribution in [1.29, 1.82) is 0 Å². The minimum atomic E-state index is 0.245. The molecule has 0 fully saturated rings. The molecule has 1 heterocycles. The summed E-state index contributed by atoms with van der Waals surface area (Å²) >= 11 is 3.30. The average Bonchev–Trinajstić information content (AvgIpc) is 2.39. The molecule has 5 heteroatoms. The van der Waals surface area contributed by atoms with Crippen LogP contribution in [0.25, 0.3) is 0 Å². The SMILES string of the molecule is CCc1cc(NCc2ccc(O)c(Br)c2)nc(C)n1. The summed E-state index contributed by atoms with van der Waals surface area (Å²) in [5.74, 6) is 1.84. The predicted octanol–water partition coefficient (Wildman–Crippen LogP) is 3.43. The normalized spacial score (nSPS) is 10.5. The second-order valence-corrected chi connectivity index (χ2v) is 5.14. The van der Waals surface area contributed by atoms with Crippen LogP contribution in [0.15, 0.2) is 28.7 Å². The molecule has 0 spiro atoms. The summed E-state index contributed by atoms with van der Waals surface area (Å²) in [6.45, 7) is 4.61. The molecule has 0 saturated heterocycles. The summed E-state index contributed by atoms with van der Waals surface area (Å²) in [5, 5.41) is 12.7. The van der Waals surface area contributed by atoms with Gasteiger partial charge in [0.1, 0.15) is 17.4 Å². The van der Waals surface area contributed by atoms with Gasteiger partial charge in [-0.05, 0) is 47.0 Å². The molecule has 1 aromatic carbocycles. The molecule has 2 rings (SSSR count). The number of phenolic OH excluding ortho intramolecular Hbond substituents is 1. The van der Waals surface area contributed by atoms with Gasteiger partial charge in [-0.15, -0.1) is 0 Å². The molecule has 100 valence electrons. The van der Waals surface area contributed by atoms with Crippen molar-refractivity contribution in [1.82, 2.24) is 9.97 Å². The number of nitrogens with zero attached hydrogens (tertiary/aromatic N) is 2. The van der Waals surface area contributed by atoms with E-state index < -0.39 is 0 Å². The van der Waals surface area contributed by atoms with Crippen molar-refractivity contribution in [3.8, 4) is 5.75 Å². The van der Waals surface area contributed by atoms with Gasteiger partial charge in [-0.3, -0.25) is 0 Å². The summed E-state index contributed by atoms with van der Waals surface area (Å²) in [5.41, 5.74) is 2.10. The Bertz CT molecular complexity index is 587. The molecule has 1 aromatic heterocycles. The molecule has 0 aliphatic heterocycles. The van der Waals surface area contributed by atoms with E-state index in [0.29, 0.717) is 11.0 Å². The molecule has 0 saturated carbocycles. The third kappa shape index (κ3) is 3.67. The number of rotatable bonds is 4. The second-order valence-electron chi connectivity index (χ2n) is 4.28. The molecule has 4 nitrogen and oxygen atoms in total. The van der Waals surface area contributed by atoms with Gasteiger partial charge in [0, 0.05) is 18.3 Å². The van der Waals surface area contributed by atoms with Gasteiger partial charge in [0.2, 0.25) is 0 Å². The first-order valence-electron chi connectivity index (χ1n) is 6.14. The van der Waals surface area contributed by atoms with Crippen LogP contribution < -0.4 is 5.32 Å². The minimum absolute atomic E-state index is 0.245. The molecule has 0 amide bonds. The summed E-state index contributed by atoms with van der Waals surface area (Å²) in [7, 11) is 0. The van der Waals surface area contributed by atoms with Gasteiger partial charge in [-0.25, -0.2) is 9.97 Å². The first kappa shape index (κ1) is 13.8. The minimum Gasteiger partial charge on any atom is -0.507 e. The molecule has 19 heavy (non-hydrogen) atoms. The maximum Gasteiger partial charge on any atom is 0.130 e. The highest BCUT2D eigenvalue weighted by molar-refractivity contribution is 9.10. The monoisotopic (exact) mass is 321 g/mol. The Morgan fingerprint density at radius 2 is 2.05 bits per heavy atom. The lowest BCUT2D eigenvalue weighted by Gasteiger charge is -2.08. The molecule has 0 aliphatic rings. The van der Waals surface area contributed by atoms with Crippen LogP contribution in [0.2, 0.25) is 0 Å². The van der Waals surface area contributed by atoms with E-state index in [4.69, 9.17) is 0 Å². The first-order chi connectivity index (χ1) is 9.08. The number of halogens is 1. The summed E-state index contributed by atoms with van der Waals surface area (Å²) in [4.78, 5) is 8.69. The summed E-state index contributed by atoms with van der Waals surface area (Å²) in [6.07, 6.45) is 0.892. The van der Waals surface area contributed by atoms with Crippen LogP contribution in [-0.2, 0) is 13.0 Å². The van der Waals surface area contributed by atoms with Gasteiger partial charge in [0.15, 0.2) is 0 Å². The lowest BCUT2D eigenvalue weighted by Crippen LogP contribution is -2.04. The predicted molar refractivity (Wildman–Crippen MR) is 79.3 cm³/mol. The van der Waals surface area contributed by atoms with Gasteiger partial charge in [0.05, 0.1) is 4.47 Å². The van der Waals surface area contributed by atoms with E-state index in [2.05, 4.69) is 38.1 Å². The Hall–Kier alpha value is -1.62. The van der Waals surface area contributed by atoms with E-state index >= 15 is 0 Å². The number of nitrogens with one attached hydrogen (secondary N) is 1. The topological polar surface area (TPSA) is 58.0 Å². The third-order valence-corrected chi connectivity index (χ3v) is 3.37. The number of hydrogen-bond acceptors (Lipinski definition) is 4. The molecule has 0 aliphatic carbocycles. The van der Waals surface area contributed by atoms with Gasteiger partial charge in [0.25, 0.3) is 0 Å². The van der Waals surface area contributed by atoms with Crippen LogP contribution >= 0.6 is 15.9 Å². The zero-order chi connectivity index (χ0) is 13.8. The van der Waals surface area contributed by atoms with Crippen molar-refractivity contribution in [3.63, 3.8) is 0 Å². The van der Waals surface area contributed by atoms with Crippen LogP contribution in [-0.4, -0.2) is 15.1 Å². The summed E-state index contributed by atoms with van der Waals surface area (Å²) in [6, 6.07) is 7.39. The highest BCUT2D eigenvalue weighted by Crippen LogP contribution is 2.24. The molecule has 2 aromatic rings. The Labute approximate surface area is 121 Å². The lowest BCUT2D eigenvalue weighted by molar-refractivity contribution is 0.471. The zero-order valence-corrected chi connectivity index (χ0v) is 12.5. The number of aryl methyl sites for hydroxylation is 2. The smallest absolute Gasteiger partial charge is 0.130 e. The van der Waals surface area contributed by atoms with Crippen LogP contribution in [0.4, 0.5) is 5.82 Å². The number of aromatic nitrogens is 2. The quantitative estimate of drug-likeness (QED) is 0.905. The fourth-order valence-corrected chi connectivity index (χ4v) is 2.18. The number of benzene rings is 1. The molecule has 0 radical (unpaired) electrons. The Morgan fingerprint density at radius 1 is 1.26 bits per heavy atom. The summed E-state index contributed by atoms with van der Waals surface area (Å²) < 4.78 is 0.694. The standard InChI is InChI=1S/C14H16BrN3O/c1-3-11-7-14(18-9(2)17-11)16-8-10-4-5-13(19)12(15)6-10/h4-7,19H,3,8H2,1-2H3,(H,16,17,18). The van der Waals surface area contributed by atoms with Gasteiger partial charge < -0.3 is 10.4 Å². The first-order valence-corrected chi connectivity index (χ1v) is 6.93. The highest BCUT2D eigenvalue weighted by atomic mass is 79.9. The fraction of sp³-hybridized carbons (Fsp3) is 0.286. The Balaban J connectivity index is 2.09. The molecular formula is C14H16BrN3O. The Morgan fingerprint density at radius 3 is 2.74 bits per heavy atom. The van der Waals surface area contributed by atoms with Gasteiger partial charge in [-0.2, -0.15) is 0 Å². The van der Waals surface area contributed by atoms with Crippen molar-refractivity contribution in [2.45, 2.75) is 26.8 Å². The van der Waals surface area contributed by atoms with E-state index in [0.717, 1.165) is 29.3 Å². The van der Waals surface area contributed by atoms with Crippen LogP contribution in [0.3, 0.4) is 0 Å². The molecule has 0 unspecified atom stereocenters. The van der Waals surface area contributed by atoms with E-state index in [1.165, 1.54) is 0 Å². The zero-order valence-electron chi connectivity index (χ0n) is 10.9. The lowest BCUT2D eigenvalue weighted by atomic mass is 10.2. The van der Waals surface area contributed by atoms with E-state index in [1.807, 2.05) is 25.1 Å². The fourth-order valence-electron chi connectivity index (χ4n) is 1.75. The van der Waals surface area contributed by atoms with Crippen molar-refractivity contribution in [2.75, 3.05) is 5.32 Å². The van der Waals surface area contributed by atoms with E-state index in [-0.39, 0.29) is 5.75 Å². The Kier molecular flexibility index (Phi) is 4.37. The molecule has 0 atom stereocenters. The van der Waals surface area contributed by atoms with Crippen LogP contribution in [0.5, 0.6) is 5.75 Å². The van der Waals surface area contributed by atoms with Crippen molar-refractivity contribution in [3.05, 3.63) is 45.8 Å². The van der Waals surface area contributed by atoms with Crippen molar-refractivity contribution < 1.29 is 5.11 Å². The molecule has 0 bridgehead atoms. The highest BCUT2D eigenvalue weighted by Gasteiger charge is 2.02. The van der Waals surface area contributed by atoms with Crippen LogP contribution in [0.1, 0.15) is 24.0 Å². The maximum atomic E-state index is 9.45. The number of hydrogen-bond donors (Lipinski definition) is 2. The van der Waals surface area contributed by atoms with E-state index in [9.17, 15) is 5.11 Å². The van der Waals surface area contributed by atoms with Crippen molar-refractivity contribution >= 4 is 21.7 Å².